The van der Waals surface area contributed by atoms with E-state index in [1.165, 1.54) is 0 Å². The Kier molecular flexibility index (Phi) is 3.52. The highest BCUT2D eigenvalue weighted by molar-refractivity contribution is 9.10. The van der Waals surface area contributed by atoms with E-state index in [9.17, 15) is 4.79 Å². The molecule has 0 bridgehead atoms. The van der Waals surface area contributed by atoms with Gasteiger partial charge in [0, 0.05) is 21.7 Å². The zero-order chi connectivity index (χ0) is 11.7. The molecule has 1 N–H and O–H groups in total. The molecule has 1 aliphatic rings. The molecule has 1 saturated heterocycles. The van der Waals surface area contributed by atoms with Gasteiger partial charge in [0.05, 0.1) is 12.0 Å². The number of benzene rings is 1. The molecule has 0 saturated carbocycles. The van der Waals surface area contributed by atoms with E-state index in [0.717, 1.165) is 10.0 Å². The summed E-state index contributed by atoms with van der Waals surface area (Å²) in [6.07, 6.45) is 0.0885. The Balaban J connectivity index is 2.35. The first-order valence-electron chi connectivity index (χ1n) is 4.89. The van der Waals surface area contributed by atoms with Gasteiger partial charge in [0.2, 0.25) is 0 Å². The second-order valence-corrected chi connectivity index (χ2v) is 5.01. The van der Waals surface area contributed by atoms with Crippen LogP contribution in [0.25, 0.3) is 0 Å². The van der Waals surface area contributed by atoms with Gasteiger partial charge in [-0.3, -0.25) is 4.79 Å². The van der Waals surface area contributed by atoms with Crippen molar-refractivity contribution in [1.29, 1.82) is 0 Å². The van der Waals surface area contributed by atoms with Crippen molar-refractivity contribution in [3.63, 3.8) is 0 Å². The number of hydrogen-bond acceptors (Lipinski definition) is 2. The SMILES string of the molecule is O=C(O)C1CCOC1c1cc(Br)ccc1Cl. The summed E-state index contributed by atoms with van der Waals surface area (Å²) in [6, 6.07) is 5.37. The molecule has 16 heavy (non-hydrogen) atoms. The molecule has 1 aromatic rings. The lowest BCUT2D eigenvalue weighted by Crippen LogP contribution is -2.17. The van der Waals surface area contributed by atoms with Crippen molar-refractivity contribution in [2.24, 2.45) is 5.92 Å². The first kappa shape index (κ1) is 11.9. The van der Waals surface area contributed by atoms with Crippen LogP contribution in [0.1, 0.15) is 18.1 Å². The van der Waals surface area contributed by atoms with Gasteiger partial charge in [-0.05, 0) is 24.6 Å². The molecule has 2 atom stereocenters. The third-order valence-electron chi connectivity index (χ3n) is 2.67. The van der Waals surface area contributed by atoms with Gasteiger partial charge >= 0.3 is 5.97 Å². The van der Waals surface area contributed by atoms with Crippen molar-refractivity contribution in [3.05, 3.63) is 33.3 Å². The van der Waals surface area contributed by atoms with E-state index in [-0.39, 0.29) is 0 Å². The van der Waals surface area contributed by atoms with Gasteiger partial charge in [0.15, 0.2) is 0 Å². The summed E-state index contributed by atoms with van der Waals surface area (Å²) in [5, 5.41) is 9.61. The first-order valence-corrected chi connectivity index (χ1v) is 6.06. The van der Waals surface area contributed by atoms with Crippen molar-refractivity contribution in [2.45, 2.75) is 12.5 Å². The number of carboxylic acid groups (broad SMARTS) is 1. The minimum atomic E-state index is -0.835. The number of ether oxygens (including phenoxy) is 1. The molecule has 0 amide bonds. The summed E-state index contributed by atoms with van der Waals surface area (Å²) in [4.78, 5) is 11.0. The summed E-state index contributed by atoms with van der Waals surface area (Å²) in [7, 11) is 0. The summed E-state index contributed by atoms with van der Waals surface area (Å²) >= 11 is 9.39. The first-order chi connectivity index (χ1) is 7.59. The predicted octanol–water partition coefficient (Wildman–Crippen LogP) is 3.26. The molecule has 1 aliphatic heterocycles. The van der Waals surface area contributed by atoms with E-state index >= 15 is 0 Å². The Bertz CT molecular complexity index is 422. The van der Waals surface area contributed by atoms with Crippen molar-refractivity contribution < 1.29 is 14.6 Å². The maximum atomic E-state index is 11.0. The Labute approximate surface area is 106 Å². The fraction of sp³-hybridized carbons (Fsp3) is 0.364. The fourth-order valence-corrected chi connectivity index (χ4v) is 2.49. The Hall–Kier alpha value is -0.580. The summed E-state index contributed by atoms with van der Waals surface area (Å²) in [5.41, 5.74) is 0.737. The van der Waals surface area contributed by atoms with Gasteiger partial charge in [-0.25, -0.2) is 0 Å². The minimum Gasteiger partial charge on any atom is -0.481 e. The zero-order valence-corrected chi connectivity index (χ0v) is 10.7. The fourth-order valence-electron chi connectivity index (χ4n) is 1.88. The average molecular weight is 306 g/mol. The molecule has 2 unspecified atom stereocenters. The summed E-state index contributed by atoms with van der Waals surface area (Å²) < 4.78 is 6.33. The normalized spacial score (nSPS) is 24.6. The van der Waals surface area contributed by atoms with E-state index < -0.39 is 18.0 Å². The second-order valence-electron chi connectivity index (χ2n) is 3.69. The van der Waals surface area contributed by atoms with E-state index in [1.807, 2.05) is 12.1 Å². The molecule has 1 aromatic carbocycles. The third kappa shape index (κ3) is 2.24. The van der Waals surface area contributed by atoms with Gasteiger partial charge < -0.3 is 9.84 Å². The molecule has 0 radical (unpaired) electrons. The van der Waals surface area contributed by atoms with Crippen LogP contribution < -0.4 is 0 Å². The predicted molar refractivity (Wildman–Crippen MR) is 63.6 cm³/mol. The van der Waals surface area contributed by atoms with Gasteiger partial charge in [-0.15, -0.1) is 0 Å². The number of carboxylic acids is 1. The lowest BCUT2D eigenvalue weighted by atomic mass is 9.95. The molecular formula is C11H10BrClO3. The maximum absolute atomic E-state index is 11.0. The Morgan fingerprint density at radius 1 is 1.56 bits per heavy atom. The molecule has 0 spiro atoms. The molecule has 1 fully saturated rings. The minimum absolute atomic E-state index is 0.442. The van der Waals surface area contributed by atoms with E-state index in [4.69, 9.17) is 21.4 Å². The van der Waals surface area contributed by atoms with Crippen LogP contribution in [0.2, 0.25) is 5.02 Å². The van der Waals surface area contributed by atoms with Gasteiger partial charge in [0.25, 0.3) is 0 Å². The highest BCUT2D eigenvalue weighted by Crippen LogP contribution is 2.39. The summed E-state index contributed by atoms with van der Waals surface area (Å²) in [6.45, 7) is 0.463. The van der Waals surface area contributed by atoms with Gasteiger partial charge in [0.1, 0.15) is 0 Å². The maximum Gasteiger partial charge on any atom is 0.309 e. The monoisotopic (exact) mass is 304 g/mol. The van der Waals surface area contributed by atoms with Crippen molar-refractivity contribution in [2.75, 3.05) is 6.61 Å². The number of hydrogen-bond donors (Lipinski definition) is 1. The van der Waals surface area contributed by atoms with Crippen LogP contribution >= 0.6 is 27.5 Å². The Morgan fingerprint density at radius 3 is 3.00 bits per heavy atom. The largest absolute Gasteiger partial charge is 0.481 e. The average Bonchev–Trinajstić information content (AvgIpc) is 2.70. The van der Waals surface area contributed by atoms with Gasteiger partial charge in [-0.2, -0.15) is 0 Å². The molecule has 0 aromatic heterocycles. The third-order valence-corrected chi connectivity index (χ3v) is 3.51. The molecule has 0 aliphatic carbocycles. The molecule has 1 heterocycles. The van der Waals surface area contributed by atoms with Crippen LogP contribution in [0, 0.1) is 5.92 Å². The van der Waals surface area contributed by atoms with Crippen LogP contribution in [0.5, 0.6) is 0 Å². The van der Waals surface area contributed by atoms with Crippen molar-refractivity contribution in [3.8, 4) is 0 Å². The smallest absolute Gasteiger partial charge is 0.309 e. The van der Waals surface area contributed by atoms with E-state index in [1.54, 1.807) is 6.07 Å². The van der Waals surface area contributed by atoms with Crippen LogP contribution in [-0.2, 0) is 9.53 Å². The molecule has 2 rings (SSSR count). The molecule has 3 nitrogen and oxygen atoms in total. The standard InChI is InChI=1S/C11H10BrClO3/c12-6-1-2-9(13)8(5-6)10-7(11(14)15)3-4-16-10/h1-2,5,7,10H,3-4H2,(H,14,15). The van der Waals surface area contributed by atoms with Crippen LogP contribution in [0.3, 0.4) is 0 Å². The topological polar surface area (TPSA) is 46.5 Å². The van der Waals surface area contributed by atoms with Crippen LogP contribution in [0.4, 0.5) is 0 Å². The lowest BCUT2D eigenvalue weighted by molar-refractivity contribution is -0.143. The number of aliphatic carboxylic acids is 1. The molecular weight excluding hydrogens is 295 g/mol. The second kappa shape index (κ2) is 4.73. The van der Waals surface area contributed by atoms with Crippen molar-refractivity contribution >= 4 is 33.5 Å². The van der Waals surface area contributed by atoms with Crippen molar-refractivity contribution in [1.82, 2.24) is 0 Å². The highest BCUT2D eigenvalue weighted by atomic mass is 79.9. The highest BCUT2D eigenvalue weighted by Gasteiger charge is 2.36. The van der Waals surface area contributed by atoms with Crippen LogP contribution in [-0.4, -0.2) is 17.7 Å². The van der Waals surface area contributed by atoms with Gasteiger partial charge in [-0.1, -0.05) is 27.5 Å². The number of halogens is 2. The molecule has 5 heteroatoms. The number of carbonyl (C=O) groups is 1. The molecule has 86 valence electrons. The summed E-state index contributed by atoms with van der Waals surface area (Å²) in [5.74, 6) is -1.34. The lowest BCUT2D eigenvalue weighted by Gasteiger charge is -2.16. The number of rotatable bonds is 2. The Morgan fingerprint density at radius 2 is 2.31 bits per heavy atom. The zero-order valence-electron chi connectivity index (χ0n) is 8.32. The van der Waals surface area contributed by atoms with E-state index in [2.05, 4.69) is 15.9 Å². The van der Waals surface area contributed by atoms with E-state index in [0.29, 0.717) is 18.1 Å². The quantitative estimate of drug-likeness (QED) is 0.912. The van der Waals surface area contributed by atoms with Crippen LogP contribution in [0.15, 0.2) is 22.7 Å².